The van der Waals surface area contributed by atoms with Gasteiger partial charge >= 0.3 is 0 Å². The molecule has 0 saturated carbocycles. The first-order valence-electron chi connectivity index (χ1n) is 5.13. The molecule has 6 nitrogen and oxygen atoms in total. The molecule has 1 amide bonds. The van der Waals surface area contributed by atoms with E-state index in [2.05, 4.69) is 15.1 Å². The SMILES string of the molecule is C[C@@H](Sc1nc2ncccn2n1)C(=O)N(C)C. The predicted molar refractivity (Wildman–Crippen MR) is 64.8 cm³/mol. The Labute approximate surface area is 103 Å². The van der Waals surface area contributed by atoms with Gasteiger partial charge in [0.2, 0.25) is 11.1 Å². The summed E-state index contributed by atoms with van der Waals surface area (Å²) in [6.45, 7) is 1.84. The monoisotopic (exact) mass is 251 g/mol. The molecule has 0 aliphatic carbocycles. The molecule has 17 heavy (non-hydrogen) atoms. The molecule has 2 heterocycles. The summed E-state index contributed by atoms with van der Waals surface area (Å²) in [5, 5.41) is 4.59. The van der Waals surface area contributed by atoms with E-state index in [-0.39, 0.29) is 11.2 Å². The third kappa shape index (κ3) is 2.55. The standard InChI is InChI=1S/C10H13N5OS/c1-7(8(16)14(2)3)17-10-12-9-11-5-4-6-15(9)13-10/h4-7H,1-3H3/t7-/m1/s1. The molecular formula is C10H13N5OS. The molecule has 2 aromatic heterocycles. The number of rotatable bonds is 3. The lowest BCUT2D eigenvalue weighted by Gasteiger charge is -2.14. The molecule has 90 valence electrons. The van der Waals surface area contributed by atoms with Crippen molar-refractivity contribution >= 4 is 23.4 Å². The molecule has 0 aliphatic heterocycles. The van der Waals surface area contributed by atoms with Crippen molar-refractivity contribution in [3.63, 3.8) is 0 Å². The summed E-state index contributed by atoms with van der Waals surface area (Å²) in [5.74, 6) is 0.585. The first-order chi connectivity index (χ1) is 8.08. The lowest BCUT2D eigenvalue weighted by Crippen LogP contribution is -2.29. The molecule has 0 N–H and O–H groups in total. The number of thioether (sulfide) groups is 1. The number of nitrogens with zero attached hydrogens (tertiary/aromatic N) is 5. The van der Waals surface area contributed by atoms with Crippen LogP contribution in [-0.4, -0.2) is 49.7 Å². The molecule has 0 unspecified atom stereocenters. The maximum absolute atomic E-state index is 11.7. The minimum Gasteiger partial charge on any atom is -0.348 e. The first-order valence-corrected chi connectivity index (χ1v) is 6.01. The van der Waals surface area contributed by atoms with Crippen LogP contribution >= 0.6 is 11.8 Å². The van der Waals surface area contributed by atoms with Crippen LogP contribution in [0, 0.1) is 0 Å². The normalized spacial score (nSPS) is 12.6. The summed E-state index contributed by atoms with van der Waals surface area (Å²) in [4.78, 5) is 21.5. The van der Waals surface area contributed by atoms with Crippen LogP contribution in [0.3, 0.4) is 0 Å². The summed E-state index contributed by atoms with van der Waals surface area (Å²) in [6.07, 6.45) is 3.44. The largest absolute Gasteiger partial charge is 0.348 e. The second kappa shape index (κ2) is 4.70. The average molecular weight is 251 g/mol. The van der Waals surface area contributed by atoms with Crippen molar-refractivity contribution in [3.05, 3.63) is 18.5 Å². The first kappa shape index (κ1) is 11.8. The highest BCUT2D eigenvalue weighted by Crippen LogP contribution is 2.20. The Balaban J connectivity index is 2.16. The van der Waals surface area contributed by atoms with Crippen LogP contribution in [-0.2, 0) is 4.79 Å². The van der Waals surface area contributed by atoms with Crippen molar-refractivity contribution in [2.45, 2.75) is 17.3 Å². The topological polar surface area (TPSA) is 63.4 Å². The van der Waals surface area contributed by atoms with Gasteiger partial charge in [0.15, 0.2) is 0 Å². The Morgan fingerprint density at radius 3 is 2.94 bits per heavy atom. The van der Waals surface area contributed by atoms with Crippen LogP contribution in [0.2, 0.25) is 0 Å². The van der Waals surface area contributed by atoms with Crippen LogP contribution in [0.5, 0.6) is 0 Å². The van der Waals surface area contributed by atoms with E-state index < -0.39 is 0 Å². The van der Waals surface area contributed by atoms with Crippen molar-refractivity contribution in [3.8, 4) is 0 Å². The highest BCUT2D eigenvalue weighted by molar-refractivity contribution is 8.00. The maximum atomic E-state index is 11.7. The summed E-state index contributed by atoms with van der Waals surface area (Å²) in [6, 6.07) is 1.78. The fourth-order valence-corrected chi connectivity index (χ4v) is 2.23. The molecule has 2 aromatic rings. The summed E-state index contributed by atoms with van der Waals surface area (Å²) >= 11 is 1.33. The van der Waals surface area contributed by atoms with Crippen molar-refractivity contribution < 1.29 is 4.79 Å². The van der Waals surface area contributed by atoms with Crippen LogP contribution in [0.25, 0.3) is 5.78 Å². The third-order valence-electron chi connectivity index (χ3n) is 2.17. The van der Waals surface area contributed by atoms with Crippen molar-refractivity contribution in [1.82, 2.24) is 24.5 Å². The van der Waals surface area contributed by atoms with Gasteiger partial charge in [-0.2, -0.15) is 4.98 Å². The molecule has 0 saturated heterocycles. The zero-order chi connectivity index (χ0) is 12.4. The van der Waals surface area contributed by atoms with Gasteiger partial charge in [-0.05, 0) is 13.0 Å². The van der Waals surface area contributed by atoms with E-state index in [0.29, 0.717) is 10.9 Å². The molecular weight excluding hydrogens is 238 g/mol. The highest BCUT2D eigenvalue weighted by Gasteiger charge is 2.18. The van der Waals surface area contributed by atoms with Gasteiger partial charge in [-0.15, -0.1) is 5.10 Å². The summed E-state index contributed by atoms with van der Waals surface area (Å²) in [5.41, 5.74) is 0. The van der Waals surface area contributed by atoms with Crippen molar-refractivity contribution in [2.24, 2.45) is 0 Å². The molecule has 2 rings (SSSR count). The van der Waals surface area contributed by atoms with Gasteiger partial charge in [0.25, 0.3) is 5.78 Å². The molecule has 7 heteroatoms. The van der Waals surface area contributed by atoms with Crippen LogP contribution in [0.15, 0.2) is 23.6 Å². The fraction of sp³-hybridized carbons (Fsp3) is 0.400. The van der Waals surface area contributed by atoms with Gasteiger partial charge in [0.05, 0.1) is 5.25 Å². The molecule has 0 bridgehead atoms. The van der Waals surface area contributed by atoms with E-state index >= 15 is 0 Å². The second-order valence-corrected chi connectivity index (χ2v) is 5.06. The van der Waals surface area contributed by atoms with Crippen LogP contribution in [0.4, 0.5) is 0 Å². The Morgan fingerprint density at radius 2 is 2.29 bits per heavy atom. The quantitative estimate of drug-likeness (QED) is 0.751. The number of fused-ring (bicyclic) bond motifs is 1. The van der Waals surface area contributed by atoms with E-state index in [4.69, 9.17) is 0 Å². The minimum atomic E-state index is -0.206. The molecule has 0 spiro atoms. The number of carbonyl (C=O) groups is 1. The Hall–Kier alpha value is -1.63. The van der Waals surface area contributed by atoms with E-state index in [0.717, 1.165) is 0 Å². The van der Waals surface area contributed by atoms with Crippen molar-refractivity contribution in [1.29, 1.82) is 0 Å². The number of carbonyl (C=O) groups excluding carboxylic acids is 1. The number of hydrogen-bond acceptors (Lipinski definition) is 5. The lowest BCUT2D eigenvalue weighted by atomic mass is 10.4. The Bertz CT molecular complexity index is 505. The van der Waals surface area contributed by atoms with Gasteiger partial charge < -0.3 is 4.90 Å². The molecule has 0 radical (unpaired) electrons. The molecule has 0 fully saturated rings. The van der Waals surface area contributed by atoms with E-state index in [1.807, 2.05) is 6.92 Å². The number of amides is 1. The van der Waals surface area contributed by atoms with Crippen molar-refractivity contribution in [2.75, 3.05) is 14.1 Å². The van der Waals surface area contributed by atoms with E-state index in [9.17, 15) is 4.79 Å². The van der Waals surface area contributed by atoms with Gasteiger partial charge in [-0.25, -0.2) is 9.50 Å². The third-order valence-corrected chi connectivity index (χ3v) is 3.11. The van der Waals surface area contributed by atoms with Crippen LogP contribution in [0.1, 0.15) is 6.92 Å². The average Bonchev–Trinajstić information content (AvgIpc) is 2.69. The predicted octanol–water partition coefficient (Wildman–Crippen LogP) is 0.693. The Kier molecular flexibility index (Phi) is 3.28. The van der Waals surface area contributed by atoms with E-state index in [1.54, 1.807) is 42.0 Å². The van der Waals surface area contributed by atoms with Gasteiger partial charge in [-0.1, -0.05) is 11.8 Å². The zero-order valence-electron chi connectivity index (χ0n) is 9.86. The summed E-state index contributed by atoms with van der Waals surface area (Å²) in [7, 11) is 3.47. The smallest absolute Gasteiger partial charge is 0.253 e. The Morgan fingerprint density at radius 1 is 1.53 bits per heavy atom. The fourth-order valence-electron chi connectivity index (χ4n) is 1.34. The van der Waals surface area contributed by atoms with Gasteiger partial charge in [-0.3, -0.25) is 4.79 Å². The second-order valence-electron chi connectivity index (χ2n) is 3.75. The number of aromatic nitrogens is 4. The van der Waals surface area contributed by atoms with Gasteiger partial charge in [0, 0.05) is 26.5 Å². The lowest BCUT2D eigenvalue weighted by molar-refractivity contribution is -0.127. The molecule has 0 aromatic carbocycles. The highest BCUT2D eigenvalue weighted by atomic mass is 32.2. The number of hydrogen-bond donors (Lipinski definition) is 0. The van der Waals surface area contributed by atoms with Gasteiger partial charge in [0.1, 0.15) is 0 Å². The van der Waals surface area contributed by atoms with E-state index in [1.165, 1.54) is 11.8 Å². The zero-order valence-corrected chi connectivity index (χ0v) is 10.7. The molecule has 1 atom stereocenters. The molecule has 0 aliphatic rings. The minimum absolute atomic E-state index is 0.0433. The van der Waals surface area contributed by atoms with Crippen LogP contribution < -0.4 is 0 Å². The summed E-state index contributed by atoms with van der Waals surface area (Å²) < 4.78 is 1.59. The maximum Gasteiger partial charge on any atom is 0.253 e.